The molecule has 124 valence electrons. The van der Waals surface area contributed by atoms with E-state index in [1.54, 1.807) is 30.0 Å². The summed E-state index contributed by atoms with van der Waals surface area (Å²) in [5.41, 5.74) is 4.39. The first-order chi connectivity index (χ1) is 11.6. The molecule has 0 saturated carbocycles. The Kier molecular flexibility index (Phi) is 5.70. The van der Waals surface area contributed by atoms with Crippen LogP contribution in [0.5, 0.6) is 5.75 Å². The topological polar surface area (TPSA) is 73.7 Å². The Morgan fingerprint density at radius 2 is 2.25 bits per heavy atom. The third kappa shape index (κ3) is 4.46. The fourth-order valence-corrected chi connectivity index (χ4v) is 4.59. The van der Waals surface area contributed by atoms with Crippen molar-refractivity contribution < 1.29 is 9.90 Å². The molecule has 0 radical (unpaired) electrons. The Labute approximate surface area is 156 Å². The largest absolute Gasteiger partial charge is 0.507 e. The average Bonchev–Trinajstić information content (AvgIpc) is 2.99. The van der Waals surface area contributed by atoms with Gasteiger partial charge in [0.15, 0.2) is 0 Å². The lowest BCUT2D eigenvalue weighted by Crippen LogP contribution is -2.21. The van der Waals surface area contributed by atoms with E-state index < -0.39 is 0 Å². The molecule has 3 rings (SSSR count). The molecule has 0 spiro atoms. The molecule has 8 heteroatoms. The van der Waals surface area contributed by atoms with Gasteiger partial charge in [0.25, 0.3) is 0 Å². The number of hydrogen-bond donors (Lipinski definition) is 3. The minimum absolute atomic E-state index is 0.130. The number of thioether (sulfide) groups is 2. The highest BCUT2D eigenvalue weighted by Gasteiger charge is 2.21. The Balaban J connectivity index is 1.43. The normalized spacial score (nSPS) is 16.0. The van der Waals surface area contributed by atoms with Gasteiger partial charge < -0.3 is 10.4 Å². The molecule has 1 heterocycles. The minimum atomic E-state index is -0.160. The first kappa shape index (κ1) is 17.2. The summed E-state index contributed by atoms with van der Waals surface area (Å²) in [5.74, 6) is 0.317. The second-order valence-corrected chi connectivity index (χ2v) is 8.30. The number of rotatable bonds is 5. The van der Waals surface area contributed by atoms with Crippen molar-refractivity contribution >= 4 is 57.3 Å². The first-order valence-corrected chi connectivity index (χ1v) is 9.78. The number of carbonyl (C=O) groups is 1. The molecule has 3 N–H and O–H groups in total. The summed E-state index contributed by atoms with van der Waals surface area (Å²) in [5, 5.41) is 16.7. The lowest BCUT2D eigenvalue weighted by molar-refractivity contribution is -0.118. The zero-order valence-corrected chi connectivity index (χ0v) is 15.6. The molecule has 1 amide bonds. The molecule has 1 aliphatic heterocycles. The van der Waals surface area contributed by atoms with E-state index in [0.29, 0.717) is 10.2 Å². The quantitative estimate of drug-likeness (QED) is 0.503. The van der Waals surface area contributed by atoms with E-state index in [0.717, 1.165) is 11.3 Å². The second kappa shape index (κ2) is 7.96. The van der Waals surface area contributed by atoms with Gasteiger partial charge in [0.1, 0.15) is 10.5 Å². The van der Waals surface area contributed by atoms with Crippen molar-refractivity contribution in [2.45, 2.75) is 9.60 Å². The third-order valence-corrected chi connectivity index (χ3v) is 6.26. The molecule has 2 aromatic rings. The summed E-state index contributed by atoms with van der Waals surface area (Å²) in [7, 11) is 0. The number of phenols is 1. The number of halogens is 1. The summed E-state index contributed by atoms with van der Waals surface area (Å²) < 4.78 is 0.711. The number of nitrogens with one attached hydrogen (secondary N) is 2. The monoisotopic (exact) mass is 423 g/mol. The van der Waals surface area contributed by atoms with Gasteiger partial charge in [0.2, 0.25) is 5.91 Å². The molecule has 0 bridgehead atoms. The lowest BCUT2D eigenvalue weighted by Gasteiger charge is -2.08. The molecule has 1 unspecified atom stereocenters. The number of aromatic hydroxyl groups is 1. The van der Waals surface area contributed by atoms with E-state index in [4.69, 9.17) is 0 Å². The van der Waals surface area contributed by atoms with E-state index in [2.05, 4.69) is 37.8 Å². The molecule has 5 nitrogen and oxygen atoms in total. The molecular formula is C16H14BrN3O2S2. The fraction of sp³-hybridized carbons (Fsp3) is 0.125. The van der Waals surface area contributed by atoms with E-state index in [-0.39, 0.29) is 16.4 Å². The van der Waals surface area contributed by atoms with Crippen LogP contribution in [0.2, 0.25) is 0 Å². The van der Waals surface area contributed by atoms with Gasteiger partial charge >= 0.3 is 0 Å². The maximum Gasteiger partial charge on any atom is 0.250 e. The van der Waals surface area contributed by atoms with Crippen molar-refractivity contribution in [2.24, 2.45) is 5.10 Å². The highest BCUT2D eigenvalue weighted by Crippen LogP contribution is 2.42. The van der Waals surface area contributed by atoms with Crippen LogP contribution in [0.25, 0.3) is 0 Å². The number of hydrazone groups is 1. The molecule has 0 saturated heterocycles. The van der Waals surface area contributed by atoms with E-state index in [9.17, 15) is 9.90 Å². The first-order valence-electron chi connectivity index (χ1n) is 7.06. The molecule has 2 aromatic carbocycles. The van der Waals surface area contributed by atoms with Gasteiger partial charge in [0, 0.05) is 10.6 Å². The van der Waals surface area contributed by atoms with Crippen LogP contribution >= 0.6 is 39.5 Å². The van der Waals surface area contributed by atoms with Crippen LogP contribution < -0.4 is 10.7 Å². The number of fused-ring (bicyclic) bond motifs is 1. The Morgan fingerprint density at radius 3 is 3.04 bits per heavy atom. The smallest absolute Gasteiger partial charge is 0.250 e. The zero-order chi connectivity index (χ0) is 16.9. The van der Waals surface area contributed by atoms with Crippen LogP contribution in [-0.2, 0) is 4.79 Å². The van der Waals surface area contributed by atoms with Crippen molar-refractivity contribution in [2.75, 3.05) is 11.1 Å². The maximum absolute atomic E-state index is 11.9. The Morgan fingerprint density at radius 1 is 1.42 bits per heavy atom. The standard InChI is InChI=1S/C16H14BrN3O2S2/c17-11-7-10(5-6-13(11)21)8-18-20-15(22)9-23-16-19-12-3-1-2-4-14(12)24-16/h1-8,16,19,21H,9H2,(H,20,22)/b18-8-. The number of amides is 1. The number of hydrogen-bond acceptors (Lipinski definition) is 6. The number of carbonyl (C=O) groups excluding carboxylic acids is 1. The predicted octanol–water partition coefficient (Wildman–Crippen LogP) is 3.84. The van der Waals surface area contributed by atoms with Crippen molar-refractivity contribution in [3.05, 3.63) is 52.5 Å². The van der Waals surface area contributed by atoms with Crippen LogP contribution in [0.1, 0.15) is 5.56 Å². The number of nitrogens with zero attached hydrogens (tertiary/aromatic N) is 1. The molecule has 0 fully saturated rings. The molecular weight excluding hydrogens is 410 g/mol. The summed E-state index contributed by atoms with van der Waals surface area (Å²) in [6.07, 6.45) is 1.53. The van der Waals surface area contributed by atoms with Gasteiger partial charge in [-0.3, -0.25) is 4.79 Å². The number of benzene rings is 2. The van der Waals surface area contributed by atoms with Crippen molar-refractivity contribution in [1.29, 1.82) is 0 Å². The summed E-state index contributed by atoms with van der Waals surface area (Å²) in [4.78, 5) is 13.1. The maximum atomic E-state index is 11.9. The molecule has 0 aliphatic carbocycles. The second-order valence-electron chi connectivity index (χ2n) is 4.91. The number of phenolic OH excluding ortho intramolecular Hbond substituents is 1. The SMILES string of the molecule is O=C(CSC1Nc2ccccc2S1)N/N=C\c1ccc(O)c(Br)c1. The molecule has 0 aromatic heterocycles. The van der Waals surface area contributed by atoms with E-state index >= 15 is 0 Å². The van der Waals surface area contributed by atoms with Crippen molar-refractivity contribution in [3.63, 3.8) is 0 Å². The van der Waals surface area contributed by atoms with Crippen LogP contribution in [0.15, 0.2) is 56.9 Å². The van der Waals surface area contributed by atoms with Gasteiger partial charge in [-0.2, -0.15) is 5.10 Å². The highest BCUT2D eigenvalue weighted by molar-refractivity contribution is 9.10. The predicted molar refractivity (Wildman–Crippen MR) is 104 cm³/mol. The van der Waals surface area contributed by atoms with Gasteiger partial charge in [-0.15, -0.1) is 11.8 Å². The lowest BCUT2D eigenvalue weighted by atomic mass is 10.2. The van der Waals surface area contributed by atoms with Gasteiger partial charge in [-0.05, 0) is 51.8 Å². The van der Waals surface area contributed by atoms with E-state index in [1.165, 1.54) is 22.9 Å². The van der Waals surface area contributed by atoms with Gasteiger partial charge in [-0.1, -0.05) is 23.9 Å². The molecule has 24 heavy (non-hydrogen) atoms. The number of anilines is 1. The summed E-state index contributed by atoms with van der Waals surface area (Å²) in [6, 6.07) is 13.1. The summed E-state index contributed by atoms with van der Waals surface area (Å²) >= 11 is 6.46. The van der Waals surface area contributed by atoms with Crippen LogP contribution in [-0.4, -0.2) is 27.7 Å². The van der Waals surface area contributed by atoms with Crippen molar-refractivity contribution in [3.8, 4) is 5.75 Å². The van der Waals surface area contributed by atoms with E-state index in [1.807, 2.05) is 18.2 Å². The average molecular weight is 424 g/mol. The Bertz CT molecular complexity index is 761. The highest BCUT2D eigenvalue weighted by atomic mass is 79.9. The molecule has 1 aliphatic rings. The van der Waals surface area contributed by atoms with Crippen LogP contribution in [0.3, 0.4) is 0 Å². The van der Waals surface area contributed by atoms with Crippen LogP contribution in [0, 0.1) is 0 Å². The summed E-state index contributed by atoms with van der Waals surface area (Å²) in [6.45, 7) is 0. The van der Waals surface area contributed by atoms with Crippen molar-refractivity contribution in [1.82, 2.24) is 5.43 Å². The van der Waals surface area contributed by atoms with Gasteiger partial charge in [0.05, 0.1) is 16.4 Å². The fourth-order valence-electron chi connectivity index (χ4n) is 2.00. The van der Waals surface area contributed by atoms with Crippen LogP contribution in [0.4, 0.5) is 5.69 Å². The molecule has 1 atom stereocenters. The Hall–Kier alpha value is -1.64. The number of para-hydroxylation sites is 1. The van der Waals surface area contributed by atoms with Gasteiger partial charge in [-0.25, -0.2) is 5.43 Å². The third-order valence-electron chi connectivity index (χ3n) is 3.13. The zero-order valence-electron chi connectivity index (χ0n) is 12.4. The minimum Gasteiger partial charge on any atom is -0.507 e.